The van der Waals surface area contributed by atoms with E-state index < -0.39 is 16.2 Å². The van der Waals surface area contributed by atoms with E-state index in [1.54, 1.807) is 6.07 Å². The molecule has 32 heavy (non-hydrogen) atoms. The van der Waals surface area contributed by atoms with Crippen LogP contribution in [0.5, 0.6) is 11.5 Å². The van der Waals surface area contributed by atoms with E-state index in [0.717, 1.165) is 41.5 Å². The van der Waals surface area contributed by atoms with E-state index in [1.807, 2.05) is 58.9 Å². The molecule has 0 aromatic heterocycles. The topological polar surface area (TPSA) is 72.8 Å². The summed E-state index contributed by atoms with van der Waals surface area (Å²) in [6.07, 6.45) is 1.91. The molecule has 2 rings (SSSR count). The lowest BCUT2D eigenvalue weighted by atomic mass is 9.70. The van der Waals surface area contributed by atoms with Crippen LogP contribution in [-0.4, -0.2) is 32.0 Å². The monoisotopic (exact) mass is 462 g/mol. The minimum absolute atomic E-state index is 0.219. The van der Waals surface area contributed by atoms with Gasteiger partial charge in [-0.2, -0.15) is 8.42 Å². The van der Waals surface area contributed by atoms with Gasteiger partial charge in [-0.1, -0.05) is 58.9 Å². The highest BCUT2D eigenvalue weighted by atomic mass is 32.2. The number of benzene rings is 2. The van der Waals surface area contributed by atoms with E-state index in [9.17, 15) is 13.5 Å². The molecule has 0 amide bonds. The smallest absolute Gasteiger partial charge is 0.306 e. The van der Waals surface area contributed by atoms with Gasteiger partial charge in [0, 0.05) is 5.41 Å². The predicted molar refractivity (Wildman–Crippen MR) is 130 cm³/mol. The van der Waals surface area contributed by atoms with Gasteiger partial charge in [-0.05, 0) is 67.0 Å². The molecule has 0 saturated heterocycles. The van der Waals surface area contributed by atoms with Crippen molar-refractivity contribution in [2.75, 3.05) is 6.26 Å². The van der Waals surface area contributed by atoms with Crippen molar-refractivity contribution in [2.24, 2.45) is 5.41 Å². The Bertz CT molecular complexity index is 1000. The normalized spacial score (nSPS) is 14.7. The highest BCUT2D eigenvalue weighted by Crippen LogP contribution is 2.41. The molecule has 2 aromatic carbocycles. The summed E-state index contributed by atoms with van der Waals surface area (Å²) in [4.78, 5) is 0. The van der Waals surface area contributed by atoms with Crippen LogP contribution in [0.1, 0.15) is 71.1 Å². The SMILES string of the molecule is CCC(CC)(c1ccc(OC(C)C(O)C(C)(C)C)cc1)c1ccc(OS(C)(=O)=O)c(C)c1. The molecule has 0 bridgehead atoms. The lowest BCUT2D eigenvalue weighted by Crippen LogP contribution is -2.39. The van der Waals surface area contributed by atoms with E-state index in [1.165, 1.54) is 0 Å². The van der Waals surface area contributed by atoms with Crippen LogP contribution in [0.15, 0.2) is 42.5 Å². The summed E-state index contributed by atoms with van der Waals surface area (Å²) in [5.41, 5.74) is 2.58. The molecular formula is C26H38O5S. The van der Waals surface area contributed by atoms with Gasteiger partial charge in [-0.3, -0.25) is 0 Å². The molecule has 0 aliphatic carbocycles. The quantitative estimate of drug-likeness (QED) is 0.490. The molecule has 2 aromatic rings. The van der Waals surface area contributed by atoms with E-state index in [0.29, 0.717) is 5.75 Å². The molecule has 0 heterocycles. The van der Waals surface area contributed by atoms with E-state index >= 15 is 0 Å². The lowest BCUT2D eigenvalue weighted by Gasteiger charge is -2.34. The Morgan fingerprint density at radius 3 is 1.94 bits per heavy atom. The van der Waals surface area contributed by atoms with Crippen LogP contribution in [0, 0.1) is 12.3 Å². The molecule has 178 valence electrons. The number of aryl methyl sites for hydroxylation is 1. The first-order chi connectivity index (χ1) is 14.7. The highest BCUT2D eigenvalue weighted by Gasteiger charge is 2.32. The van der Waals surface area contributed by atoms with Crippen molar-refractivity contribution in [3.63, 3.8) is 0 Å². The van der Waals surface area contributed by atoms with Crippen LogP contribution in [0.3, 0.4) is 0 Å². The molecule has 0 fully saturated rings. The Morgan fingerprint density at radius 1 is 0.969 bits per heavy atom. The second-order valence-electron chi connectivity index (χ2n) is 9.72. The number of rotatable bonds is 9. The average molecular weight is 463 g/mol. The van der Waals surface area contributed by atoms with Crippen LogP contribution < -0.4 is 8.92 Å². The molecule has 5 nitrogen and oxygen atoms in total. The summed E-state index contributed by atoms with van der Waals surface area (Å²) in [6, 6.07) is 13.8. The molecule has 0 aliphatic rings. The van der Waals surface area contributed by atoms with Crippen LogP contribution in [0.2, 0.25) is 0 Å². The maximum atomic E-state index is 11.5. The van der Waals surface area contributed by atoms with Crippen molar-refractivity contribution in [2.45, 2.75) is 78.9 Å². The Labute approximate surface area is 193 Å². The molecule has 1 N–H and O–H groups in total. The number of hydrogen-bond acceptors (Lipinski definition) is 5. The fourth-order valence-corrected chi connectivity index (χ4v) is 4.79. The Morgan fingerprint density at radius 2 is 1.50 bits per heavy atom. The first-order valence-corrected chi connectivity index (χ1v) is 13.0. The maximum absolute atomic E-state index is 11.5. The Kier molecular flexibility index (Phi) is 8.05. The molecule has 0 aliphatic heterocycles. The molecule has 0 spiro atoms. The first kappa shape index (κ1) is 26.2. The Balaban J connectivity index is 2.35. The Hall–Kier alpha value is -2.05. The number of ether oxygens (including phenoxy) is 1. The summed E-state index contributed by atoms with van der Waals surface area (Å²) >= 11 is 0. The zero-order valence-electron chi connectivity index (χ0n) is 20.6. The molecule has 0 radical (unpaired) electrons. The zero-order valence-corrected chi connectivity index (χ0v) is 21.4. The third-order valence-corrected chi connectivity index (χ3v) is 6.72. The minimum atomic E-state index is -3.57. The van der Waals surface area contributed by atoms with E-state index in [2.05, 4.69) is 26.0 Å². The van der Waals surface area contributed by atoms with Crippen molar-refractivity contribution < 1.29 is 22.4 Å². The van der Waals surface area contributed by atoms with Crippen LogP contribution >= 0.6 is 0 Å². The van der Waals surface area contributed by atoms with Crippen molar-refractivity contribution in [1.29, 1.82) is 0 Å². The minimum Gasteiger partial charge on any atom is -0.488 e. The van der Waals surface area contributed by atoms with Crippen molar-refractivity contribution in [1.82, 2.24) is 0 Å². The van der Waals surface area contributed by atoms with Gasteiger partial charge in [0.25, 0.3) is 0 Å². The largest absolute Gasteiger partial charge is 0.488 e. The second kappa shape index (κ2) is 9.84. The van der Waals surface area contributed by atoms with E-state index in [-0.39, 0.29) is 16.9 Å². The van der Waals surface area contributed by atoms with Gasteiger partial charge >= 0.3 is 10.1 Å². The number of hydrogen-bond donors (Lipinski definition) is 1. The molecular weight excluding hydrogens is 424 g/mol. The highest BCUT2D eigenvalue weighted by molar-refractivity contribution is 7.86. The maximum Gasteiger partial charge on any atom is 0.306 e. The van der Waals surface area contributed by atoms with Gasteiger partial charge in [0.2, 0.25) is 0 Å². The van der Waals surface area contributed by atoms with Crippen LogP contribution in [0.25, 0.3) is 0 Å². The van der Waals surface area contributed by atoms with Gasteiger partial charge in [-0.25, -0.2) is 0 Å². The number of aliphatic hydroxyl groups is 1. The zero-order chi connectivity index (χ0) is 24.3. The third-order valence-electron chi connectivity index (χ3n) is 6.24. The molecule has 6 heteroatoms. The molecule has 2 unspecified atom stereocenters. The number of aliphatic hydroxyl groups excluding tert-OH is 1. The first-order valence-electron chi connectivity index (χ1n) is 11.2. The average Bonchev–Trinajstić information content (AvgIpc) is 2.70. The molecule has 0 saturated carbocycles. The summed E-state index contributed by atoms with van der Waals surface area (Å²) in [5, 5.41) is 10.5. The van der Waals surface area contributed by atoms with E-state index in [4.69, 9.17) is 8.92 Å². The van der Waals surface area contributed by atoms with Gasteiger partial charge in [0.05, 0.1) is 12.4 Å². The van der Waals surface area contributed by atoms with Gasteiger partial charge in [0.1, 0.15) is 17.6 Å². The summed E-state index contributed by atoms with van der Waals surface area (Å²) in [6.45, 7) is 14.0. The summed E-state index contributed by atoms with van der Waals surface area (Å²) in [7, 11) is -3.57. The van der Waals surface area contributed by atoms with Gasteiger partial charge < -0.3 is 14.0 Å². The molecule has 2 atom stereocenters. The van der Waals surface area contributed by atoms with Crippen molar-refractivity contribution >= 4 is 10.1 Å². The summed E-state index contributed by atoms with van der Waals surface area (Å²) in [5.74, 6) is 1.08. The van der Waals surface area contributed by atoms with Crippen LogP contribution in [-0.2, 0) is 15.5 Å². The van der Waals surface area contributed by atoms with Gasteiger partial charge in [-0.15, -0.1) is 0 Å². The van der Waals surface area contributed by atoms with Crippen molar-refractivity contribution in [3.8, 4) is 11.5 Å². The van der Waals surface area contributed by atoms with Gasteiger partial charge in [0.15, 0.2) is 0 Å². The second-order valence-corrected chi connectivity index (χ2v) is 11.3. The van der Waals surface area contributed by atoms with Crippen LogP contribution in [0.4, 0.5) is 0 Å². The third kappa shape index (κ3) is 6.04. The van der Waals surface area contributed by atoms with Crippen molar-refractivity contribution in [3.05, 3.63) is 59.2 Å². The lowest BCUT2D eigenvalue weighted by molar-refractivity contribution is -0.0232. The fraction of sp³-hybridized carbons (Fsp3) is 0.538. The predicted octanol–water partition coefficient (Wildman–Crippen LogP) is 5.61. The fourth-order valence-electron chi connectivity index (χ4n) is 4.27. The summed E-state index contributed by atoms with van der Waals surface area (Å²) < 4.78 is 34.2. The standard InChI is InChI=1S/C26H38O5S/c1-9-26(10-2,21-13-16-23(18(3)17-21)31-32(8,28)29)20-11-14-22(15-12-20)30-19(4)24(27)25(5,6)7/h11-17,19,24,27H,9-10H2,1-8H3.